The lowest BCUT2D eigenvalue weighted by atomic mass is 10.2. The predicted octanol–water partition coefficient (Wildman–Crippen LogP) is 0.727. The second-order valence-corrected chi connectivity index (χ2v) is 3.09. The van der Waals surface area contributed by atoms with E-state index >= 15 is 0 Å². The van der Waals surface area contributed by atoms with E-state index in [1.54, 1.807) is 6.07 Å². The van der Waals surface area contributed by atoms with E-state index < -0.39 is 11.0 Å². The van der Waals surface area contributed by atoms with Crippen molar-refractivity contribution in [2.45, 2.75) is 6.10 Å². The molecule has 0 fully saturated rings. The van der Waals surface area contributed by atoms with E-state index in [4.69, 9.17) is 14.6 Å². The number of aliphatic hydroxyl groups is 1. The minimum absolute atomic E-state index is 0.0906. The average molecular weight is 211 g/mol. The standard InChI is InChI=1S/C9H9NO5/c11-4-6-5-14-8-3-1-2-7(10(12)13)9(8)15-6/h1-3,6,11H,4-5H2. The Balaban J connectivity index is 2.40. The van der Waals surface area contributed by atoms with Gasteiger partial charge in [0.1, 0.15) is 6.61 Å². The molecule has 0 aliphatic carbocycles. The number of nitrogens with zero attached hydrogens (tertiary/aromatic N) is 1. The van der Waals surface area contributed by atoms with Gasteiger partial charge in [-0.3, -0.25) is 10.1 Å². The minimum Gasteiger partial charge on any atom is -0.485 e. The molecule has 1 aliphatic heterocycles. The van der Waals surface area contributed by atoms with Crippen molar-refractivity contribution in [3.63, 3.8) is 0 Å². The van der Waals surface area contributed by atoms with E-state index in [2.05, 4.69) is 0 Å². The fourth-order valence-corrected chi connectivity index (χ4v) is 1.35. The molecule has 0 saturated heterocycles. The maximum atomic E-state index is 10.7. The van der Waals surface area contributed by atoms with Crippen LogP contribution in [0.25, 0.3) is 0 Å². The van der Waals surface area contributed by atoms with Crippen molar-refractivity contribution in [1.29, 1.82) is 0 Å². The number of nitro benzene ring substituents is 1. The molecule has 0 radical (unpaired) electrons. The smallest absolute Gasteiger partial charge is 0.314 e. The Morgan fingerprint density at radius 3 is 3.07 bits per heavy atom. The van der Waals surface area contributed by atoms with Crippen molar-refractivity contribution >= 4 is 5.69 Å². The van der Waals surface area contributed by atoms with Crippen LogP contribution in [0.5, 0.6) is 11.5 Å². The molecule has 0 saturated carbocycles. The van der Waals surface area contributed by atoms with Crippen LogP contribution >= 0.6 is 0 Å². The van der Waals surface area contributed by atoms with Crippen molar-refractivity contribution in [2.75, 3.05) is 13.2 Å². The van der Waals surface area contributed by atoms with Crippen LogP contribution in [0.1, 0.15) is 0 Å². The van der Waals surface area contributed by atoms with Crippen LogP contribution in [0.2, 0.25) is 0 Å². The summed E-state index contributed by atoms with van der Waals surface area (Å²) < 4.78 is 10.5. The van der Waals surface area contributed by atoms with E-state index in [-0.39, 0.29) is 24.7 Å². The van der Waals surface area contributed by atoms with Gasteiger partial charge in [-0.05, 0) is 6.07 Å². The summed E-state index contributed by atoms with van der Waals surface area (Å²) in [6.45, 7) is -0.0316. The number of rotatable bonds is 2. The van der Waals surface area contributed by atoms with Crippen LogP contribution in [0.15, 0.2) is 18.2 Å². The molecule has 0 aromatic heterocycles. The van der Waals surface area contributed by atoms with Crippen molar-refractivity contribution in [3.8, 4) is 11.5 Å². The molecule has 1 unspecified atom stereocenters. The van der Waals surface area contributed by atoms with Gasteiger partial charge < -0.3 is 14.6 Å². The van der Waals surface area contributed by atoms with E-state index in [1.807, 2.05) is 0 Å². The zero-order valence-electron chi connectivity index (χ0n) is 7.75. The highest BCUT2D eigenvalue weighted by Gasteiger charge is 2.27. The second kappa shape index (κ2) is 3.74. The lowest BCUT2D eigenvalue weighted by Gasteiger charge is -2.24. The largest absolute Gasteiger partial charge is 0.485 e. The summed E-state index contributed by atoms with van der Waals surface area (Å²) in [5.41, 5.74) is -0.148. The Morgan fingerprint density at radius 2 is 2.40 bits per heavy atom. The third-order valence-electron chi connectivity index (χ3n) is 2.07. The van der Waals surface area contributed by atoms with Gasteiger partial charge in [-0.25, -0.2) is 0 Å². The SMILES string of the molecule is O=[N+]([O-])c1cccc2c1OC(CO)CO2. The molecule has 1 aromatic carbocycles. The molecule has 80 valence electrons. The molecule has 1 aliphatic rings. The summed E-state index contributed by atoms with van der Waals surface area (Å²) >= 11 is 0. The summed E-state index contributed by atoms with van der Waals surface area (Å²) in [6.07, 6.45) is -0.543. The zero-order valence-corrected chi connectivity index (χ0v) is 7.75. The van der Waals surface area contributed by atoms with Gasteiger partial charge in [-0.2, -0.15) is 0 Å². The van der Waals surface area contributed by atoms with Crippen LogP contribution in [0.4, 0.5) is 5.69 Å². The van der Waals surface area contributed by atoms with E-state index in [0.29, 0.717) is 5.75 Å². The molecule has 1 heterocycles. The first-order chi connectivity index (χ1) is 7.22. The summed E-state index contributed by atoms with van der Waals surface area (Å²) in [6, 6.07) is 4.46. The normalized spacial score (nSPS) is 18.6. The molecule has 1 aromatic rings. The van der Waals surface area contributed by atoms with Crippen LogP contribution < -0.4 is 9.47 Å². The predicted molar refractivity (Wildman–Crippen MR) is 50.1 cm³/mol. The molecular formula is C9H9NO5. The average Bonchev–Trinajstić information content (AvgIpc) is 2.27. The molecule has 1 atom stereocenters. The molecule has 0 spiro atoms. The number of nitro groups is 1. The monoisotopic (exact) mass is 211 g/mol. The van der Waals surface area contributed by atoms with Crippen LogP contribution in [0.3, 0.4) is 0 Å². The quantitative estimate of drug-likeness (QED) is 0.576. The summed E-state index contributed by atoms with van der Waals surface area (Å²) in [7, 11) is 0. The number of hydrogen-bond acceptors (Lipinski definition) is 5. The number of para-hydroxylation sites is 1. The number of hydrogen-bond donors (Lipinski definition) is 1. The van der Waals surface area contributed by atoms with Gasteiger partial charge in [-0.1, -0.05) is 6.07 Å². The molecular weight excluding hydrogens is 202 g/mol. The fourth-order valence-electron chi connectivity index (χ4n) is 1.35. The van der Waals surface area contributed by atoms with E-state index in [1.165, 1.54) is 12.1 Å². The third kappa shape index (κ3) is 1.71. The van der Waals surface area contributed by atoms with Crippen molar-refractivity contribution in [3.05, 3.63) is 28.3 Å². The Kier molecular flexibility index (Phi) is 2.42. The van der Waals surface area contributed by atoms with Crippen molar-refractivity contribution < 1.29 is 19.5 Å². The first-order valence-electron chi connectivity index (χ1n) is 4.40. The first kappa shape index (κ1) is 9.72. The molecule has 0 amide bonds. The van der Waals surface area contributed by atoms with Gasteiger partial charge in [0.05, 0.1) is 11.5 Å². The number of fused-ring (bicyclic) bond motifs is 1. The van der Waals surface area contributed by atoms with Gasteiger partial charge in [0.25, 0.3) is 0 Å². The Hall–Kier alpha value is -1.82. The first-order valence-corrected chi connectivity index (χ1v) is 4.40. The third-order valence-corrected chi connectivity index (χ3v) is 2.07. The number of ether oxygens (including phenoxy) is 2. The van der Waals surface area contributed by atoms with Crippen LogP contribution in [0, 0.1) is 10.1 Å². The second-order valence-electron chi connectivity index (χ2n) is 3.09. The lowest BCUT2D eigenvalue weighted by Crippen LogP contribution is -2.32. The van der Waals surface area contributed by atoms with Gasteiger partial charge >= 0.3 is 5.69 Å². The fraction of sp³-hybridized carbons (Fsp3) is 0.333. The molecule has 1 N–H and O–H groups in total. The van der Waals surface area contributed by atoms with Crippen LogP contribution in [-0.2, 0) is 0 Å². The van der Waals surface area contributed by atoms with Gasteiger partial charge in [-0.15, -0.1) is 0 Å². The number of benzene rings is 1. The van der Waals surface area contributed by atoms with Gasteiger partial charge in [0.15, 0.2) is 11.9 Å². The Morgan fingerprint density at radius 1 is 1.60 bits per heavy atom. The number of aliphatic hydroxyl groups excluding tert-OH is 1. The molecule has 6 nitrogen and oxygen atoms in total. The van der Waals surface area contributed by atoms with Crippen LogP contribution in [-0.4, -0.2) is 29.3 Å². The molecule has 2 rings (SSSR count). The minimum atomic E-state index is -0.543. The highest BCUT2D eigenvalue weighted by Crippen LogP contribution is 2.39. The maximum Gasteiger partial charge on any atom is 0.314 e. The Labute approximate surface area is 85.2 Å². The topological polar surface area (TPSA) is 81.8 Å². The zero-order chi connectivity index (χ0) is 10.8. The van der Waals surface area contributed by atoms with Gasteiger partial charge in [0, 0.05) is 6.07 Å². The summed E-state index contributed by atoms with van der Waals surface area (Å²) in [4.78, 5) is 10.1. The van der Waals surface area contributed by atoms with E-state index in [0.717, 1.165) is 0 Å². The summed E-state index contributed by atoms with van der Waals surface area (Å²) in [5.74, 6) is 0.432. The highest BCUT2D eigenvalue weighted by molar-refractivity contribution is 5.56. The molecule has 6 heteroatoms. The molecule has 15 heavy (non-hydrogen) atoms. The van der Waals surface area contributed by atoms with E-state index in [9.17, 15) is 10.1 Å². The van der Waals surface area contributed by atoms with Crippen molar-refractivity contribution in [1.82, 2.24) is 0 Å². The summed E-state index contributed by atoms with van der Waals surface area (Å²) in [5, 5.41) is 19.5. The highest BCUT2D eigenvalue weighted by atomic mass is 16.6. The maximum absolute atomic E-state index is 10.7. The van der Waals surface area contributed by atoms with Gasteiger partial charge in [0.2, 0.25) is 5.75 Å². The van der Waals surface area contributed by atoms with Crippen molar-refractivity contribution in [2.24, 2.45) is 0 Å². The molecule has 0 bridgehead atoms. The lowest BCUT2D eigenvalue weighted by molar-refractivity contribution is -0.386. The Bertz CT molecular complexity index is 392.